The highest BCUT2D eigenvalue weighted by atomic mass is 32.1. The Hall–Kier alpha value is -2.95. The van der Waals surface area contributed by atoms with Crippen LogP contribution in [0.4, 0.5) is 13.2 Å². The molecule has 0 aliphatic carbocycles. The molecule has 0 saturated carbocycles. The van der Waals surface area contributed by atoms with E-state index in [1.165, 1.54) is 16.8 Å². The van der Waals surface area contributed by atoms with Crippen molar-refractivity contribution in [3.8, 4) is 17.0 Å². The first kappa shape index (κ1) is 26.7. The number of carbonyl (C=O) groups is 1. The van der Waals surface area contributed by atoms with E-state index in [2.05, 4.69) is 15.4 Å². The molecule has 2 aromatic rings. The molecule has 1 aromatic carbocycles. The van der Waals surface area contributed by atoms with E-state index in [1.54, 1.807) is 14.0 Å². The second-order valence-corrected chi connectivity index (χ2v) is 9.06. The van der Waals surface area contributed by atoms with E-state index in [9.17, 15) is 23.1 Å². The minimum absolute atomic E-state index is 0.0000723. The molecular formula is C24H30F3N5O2S. The normalized spacial score (nSPS) is 15.4. The monoisotopic (exact) mass is 509 g/mol. The number of aryl methyl sites for hydroxylation is 1. The van der Waals surface area contributed by atoms with Gasteiger partial charge in [-0.25, -0.2) is 0 Å². The van der Waals surface area contributed by atoms with Crippen molar-refractivity contribution in [3.63, 3.8) is 0 Å². The van der Waals surface area contributed by atoms with Crippen LogP contribution in [-0.2, 0) is 18.0 Å². The zero-order valence-corrected chi connectivity index (χ0v) is 20.8. The van der Waals surface area contributed by atoms with Gasteiger partial charge in [0, 0.05) is 38.2 Å². The number of hydrogen-bond acceptors (Lipinski definition) is 5. The molecule has 0 unspecified atom stereocenters. The SMILES string of the molecule is CCCNC(=O)C1CCN(C(=S)CN=C(C)c2nn(C)c(-c3ccc(C(F)(F)F)cc3)c2O)CC1. The van der Waals surface area contributed by atoms with Gasteiger partial charge in [0.25, 0.3) is 0 Å². The van der Waals surface area contributed by atoms with Crippen LogP contribution in [0.3, 0.4) is 0 Å². The molecule has 0 spiro atoms. The second-order valence-electron chi connectivity index (χ2n) is 8.59. The number of nitrogens with one attached hydrogen (secondary N) is 1. The lowest BCUT2D eigenvalue weighted by Gasteiger charge is -2.32. The van der Waals surface area contributed by atoms with Gasteiger partial charge in [0.15, 0.2) is 5.75 Å². The maximum atomic E-state index is 12.9. The molecule has 1 aliphatic rings. The van der Waals surface area contributed by atoms with E-state index in [1.807, 2.05) is 11.8 Å². The molecule has 11 heteroatoms. The number of rotatable bonds is 7. The van der Waals surface area contributed by atoms with Crippen molar-refractivity contribution in [2.24, 2.45) is 18.0 Å². The molecule has 7 nitrogen and oxygen atoms in total. The third kappa shape index (κ3) is 6.39. The van der Waals surface area contributed by atoms with Crippen LogP contribution in [0.25, 0.3) is 11.3 Å². The number of aliphatic imine (C=N–C) groups is 1. The number of piperidine rings is 1. The van der Waals surface area contributed by atoms with Gasteiger partial charge in [0.05, 0.1) is 22.8 Å². The van der Waals surface area contributed by atoms with Crippen LogP contribution in [-0.4, -0.2) is 62.6 Å². The van der Waals surface area contributed by atoms with Crippen LogP contribution in [0, 0.1) is 5.92 Å². The zero-order chi connectivity index (χ0) is 25.8. The fourth-order valence-corrected chi connectivity index (χ4v) is 4.29. The molecule has 1 saturated heterocycles. The number of carbonyl (C=O) groups excluding carboxylic acids is 1. The third-order valence-corrected chi connectivity index (χ3v) is 6.46. The molecule has 2 N–H and O–H groups in total. The smallest absolute Gasteiger partial charge is 0.416 e. The summed E-state index contributed by atoms with van der Waals surface area (Å²) < 4.78 is 40.0. The van der Waals surface area contributed by atoms with Crippen molar-refractivity contribution in [3.05, 3.63) is 35.5 Å². The minimum Gasteiger partial charge on any atom is -0.504 e. The van der Waals surface area contributed by atoms with Gasteiger partial charge >= 0.3 is 6.18 Å². The van der Waals surface area contributed by atoms with E-state index in [-0.39, 0.29) is 29.8 Å². The van der Waals surface area contributed by atoms with Crippen LogP contribution in [0.5, 0.6) is 5.75 Å². The summed E-state index contributed by atoms with van der Waals surface area (Å²) in [5.74, 6) is -0.0565. The number of hydrogen-bond donors (Lipinski definition) is 2. The lowest BCUT2D eigenvalue weighted by molar-refractivity contribution is -0.137. The Kier molecular flexibility index (Phi) is 8.52. The lowest BCUT2D eigenvalue weighted by atomic mass is 9.96. The van der Waals surface area contributed by atoms with Gasteiger partial charge in [-0.2, -0.15) is 18.3 Å². The van der Waals surface area contributed by atoms with Gasteiger partial charge in [-0.05, 0) is 38.3 Å². The molecule has 190 valence electrons. The Labute approximate surface area is 208 Å². The van der Waals surface area contributed by atoms with E-state index in [4.69, 9.17) is 12.2 Å². The number of thiocarbonyl (C=S) groups is 1. The van der Waals surface area contributed by atoms with Gasteiger partial charge in [-0.1, -0.05) is 31.3 Å². The van der Waals surface area contributed by atoms with Gasteiger partial charge in [-0.15, -0.1) is 0 Å². The number of aromatic hydroxyl groups is 1. The van der Waals surface area contributed by atoms with Crippen LogP contribution in [0.15, 0.2) is 29.3 Å². The summed E-state index contributed by atoms with van der Waals surface area (Å²) in [6, 6.07) is 4.54. The standard InChI is InChI=1S/C24H30F3N5O2S/c1-4-11-28-23(34)17-9-12-32(13-10-17)19(35)14-29-15(2)20-22(33)21(31(3)30-20)16-5-7-18(8-6-16)24(25,26)27/h5-8,17,33H,4,9-14H2,1-3H3,(H,28,34). The van der Waals surface area contributed by atoms with E-state index >= 15 is 0 Å². The van der Waals surface area contributed by atoms with E-state index in [0.717, 1.165) is 31.4 Å². The zero-order valence-electron chi connectivity index (χ0n) is 20.0. The third-order valence-electron chi connectivity index (χ3n) is 6.07. The molecule has 1 fully saturated rings. The summed E-state index contributed by atoms with van der Waals surface area (Å²) >= 11 is 5.54. The largest absolute Gasteiger partial charge is 0.504 e. The molecule has 35 heavy (non-hydrogen) atoms. The Bertz CT molecular complexity index is 1090. The quantitative estimate of drug-likeness (QED) is 0.432. The van der Waals surface area contributed by atoms with Crippen molar-refractivity contribution in [2.45, 2.75) is 39.3 Å². The van der Waals surface area contributed by atoms with Crippen LogP contribution >= 0.6 is 12.2 Å². The molecule has 2 heterocycles. The fraction of sp³-hybridized carbons (Fsp3) is 0.500. The van der Waals surface area contributed by atoms with Crippen molar-refractivity contribution < 1.29 is 23.1 Å². The highest BCUT2D eigenvalue weighted by molar-refractivity contribution is 7.80. The lowest BCUT2D eigenvalue weighted by Crippen LogP contribution is -2.43. The molecule has 1 aromatic heterocycles. The Morgan fingerprint density at radius 3 is 2.46 bits per heavy atom. The number of benzene rings is 1. The van der Waals surface area contributed by atoms with Crippen LogP contribution in [0.1, 0.15) is 44.4 Å². The Morgan fingerprint density at radius 1 is 1.26 bits per heavy atom. The molecule has 0 bridgehead atoms. The molecular weight excluding hydrogens is 479 g/mol. The highest BCUT2D eigenvalue weighted by Gasteiger charge is 2.30. The van der Waals surface area contributed by atoms with Crippen molar-refractivity contribution in [2.75, 3.05) is 26.2 Å². The van der Waals surface area contributed by atoms with Crippen LogP contribution in [0.2, 0.25) is 0 Å². The molecule has 3 rings (SSSR count). The summed E-state index contributed by atoms with van der Waals surface area (Å²) in [7, 11) is 1.61. The summed E-state index contributed by atoms with van der Waals surface area (Å²) in [6.45, 7) is 6.01. The Morgan fingerprint density at radius 2 is 1.89 bits per heavy atom. The summed E-state index contributed by atoms with van der Waals surface area (Å²) in [4.78, 5) is 19.3. The van der Waals surface area contributed by atoms with Crippen LogP contribution < -0.4 is 5.32 Å². The highest BCUT2D eigenvalue weighted by Crippen LogP contribution is 2.35. The first-order valence-electron chi connectivity index (χ1n) is 11.5. The van der Waals surface area contributed by atoms with Gasteiger partial charge in [0.1, 0.15) is 11.4 Å². The second kappa shape index (κ2) is 11.2. The first-order chi connectivity index (χ1) is 16.5. The van der Waals surface area contributed by atoms with Crippen molar-refractivity contribution in [1.82, 2.24) is 20.0 Å². The molecule has 1 aliphatic heterocycles. The van der Waals surface area contributed by atoms with E-state index in [0.29, 0.717) is 41.6 Å². The van der Waals surface area contributed by atoms with Crippen molar-refractivity contribution >= 4 is 28.8 Å². The number of halogens is 3. The molecule has 0 radical (unpaired) electrons. The van der Waals surface area contributed by atoms with Crippen molar-refractivity contribution in [1.29, 1.82) is 0 Å². The molecule has 0 atom stereocenters. The Balaban J connectivity index is 1.64. The molecule has 1 amide bonds. The maximum absolute atomic E-state index is 12.9. The summed E-state index contributed by atoms with van der Waals surface area (Å²) in [5.41, 5.74) is 0.657. The average molecular weight is 510 g/mol. The topological polar surface area (TPSA) is 82.8 Å². The van der Waals surface area contributed by atoms with Gasteiger partial charge < -0.3 is 15.3 Å². The minimum atomic E-state index is -4.43. The van der Waals surface area contributed by atoms with E-state index < -0.39 is 11.7 Å². The first-order valence-corrected chi connectivity index (χ1v) is 11.9. The maximum Gasteiger partial charge on any atom is 0.416 e. The fourth-order valence-electron chi connectivity index (χ4n) is 4.04. The predicted octanol–water partition coefficient (Wildman–Crippen LogP) is 4.19. The average Bonchev–Trinajstić information content (AvgIpc) is 3.14. The van der Waals surface area contributed by atoms with Gasteiger partial charge in [-0.3, -0.25) is 14.5 Å². The number of nitrogens with zero attached hydrogens (tertiary/aromatic N) is 4. The predicted molar refractivity (Wildman–Crippen MR) is 133 cm³/mol. The number of amides is 1. The summed E-state index contributed by atoms with van der Waals surface area (Å²) in [6.07, 6.45) is -2.06. The van der Waals surface area contributed by atoms with Gasteiger partial charge in [0.2, 0.25) is 5.91 Å². The number of likely N-dealkylation sites (tertiary alicyclic amines) is 1. The number of aromatic nitrogens is 2. The summed E-state index contributed by atoms with van der Waals surface area (Å²) in [5, 5.41) is 18.0. The number of alkyl halides is 3.